The van der Waals surface area contributed by atoms with Gasteiger partial charge in [0.2, 0.25) is 5.82 Å². The predicted octanol–water partition coefficient (Wildman–Crippen LogP) is 0.761. The number of carbonyl (C=O) groups excluding carboxylic acids is 1. The summed E-state index contributed by atoms with van der Waals surface area (Å²) in [5.41, 5.74) is 0. The summed E-state index contributed by atoms with van der Waals surface area (Å²) >= 11 is 0. The molecular weight excluding hydrogens is 248 g/mol. The van der Waals surface area contributed by atoms with E-state index in [4.69, 9.17) is 5.11 Å². The predicted molar refractivity (Wildman–Crippen MR) is 64.7 cm³/mol. The molecule has 1 aliphatic heterocycles. The summed E-state index contributed by atoms with van der Waals surface area (Å²) in [4.78, 5) is 29.0. The molecular formula is C12H16N4O3. The molecule has 2 fully saturated rings. The normalized spacial score (nSPS) is 23.4. The SMILES string of the molecule is O=C(O)[C@H]1CCCCN1C(=O)c1n[nH]c(C2CC2)n1. The van der Waals surface area contributed by atoms with Crippen LogP contribution in [0.1, 0.15) is 54.5 Å². The van der Waals surface area contributed by atoms with Gasteiger partial charge in [-0.25, -0.2) is 9.78 Å². The van der Waals surface area contributed by atoms with Crippen molar-refractivity contribution in [3.05, 3.63) is 11.6 Å². The quantitative estimate of drug-likeness (QED) is 0.839. The summed E-state index contributed by atoms with van der Waals surface area (Å²) in [5, 5.41) is 15.9. The van der Waals surface area contributed by atoms with Gasteiger partial charge in [0.15, 0.2) is 0 Å². The van der Waals surface area contributed by atoms with Crippen LogP contribution in [0, 0.1) is 0 Å². The Morgan fingerprint density at radius 2 is 2.05 bits per heavy atom. The first-order chi connectivity index (χ1) is 9.16. The number of hydrogen-bond donors (Lipinski definition) is 2. The van der Waals surface area contributed by atoms with Gasteiger partial charge < -0.3 is 10.0 Å². The highest BCUT2D eigenvalue weighted by molar-refractivity contribution is 5.93. The molecule has 0 unspecified atom stereocenters. The topological polar surface area (TPSA) is 99.2 Å². The Morgan fingerprint density at radius 3 is 2.74 bits per heavy atom. The van der Waals surface area contributed by atoms with Gasteiger partial charge in [0.1, 0.15) is 11.9 Å². The smallest absolute Gasteiger partial charge is 0.326 e. The highest BCUT2D eigenvalue weighted by Gasteiger charge is 2.35. The minimum absolute atomic E-state index is 0.0926. The first kappa shape index (κ1) is 12.1. The van der Waals surface area contributed by atoms with Crippen molar-refractivity contribution in [2.24, 2.45) is 0 Å². The van der Waals surface area contributed by atoms with Crippen LogP contribution in [0.15, 0.2) is 0 Å². The van der Waals surface area contributed by atoms with Crippen LogP contribution in [0.25, 0.3) is 0 Å². The third-order valence-electron chi connectivity index (χ3n) is 3.71. The highest BCUT2D eigenvalue weighted by Crippen LogP contribution is 2.37. The fourth-order valence-electron chi connectivity index (χ4n) is 2.47. The van der Waals surface area contributed by atoms with E-state index in [0.717, 1.165) is 31.5 Å². The third-order valence-corrected chi connectivity index (χ3v) is 3.71. The fraction of sp³-hybridized carbons (Fsp3) is 0.667. The lowest BCUT2D eigenvalue weighted by molar-refractivity contribution is -0.143. The van der Waals surface area contributed by atoms with E-state index in [0.29, 0.717) is 18.9 Å². The molecule has 0 spiro atoms. The van der Waals surface area contributed by atoms with Gasteiger partial charge >= 0.3 is 5.97 Å². The molecule has 7 heteroatoms. The van der Waals surface area contributed by atoms with Crippen molar-refractivity contribution in [2.45, 2.75) is 44.1 Å². The molecule has 1 aromatic heterocycles. The molecule has 7 nitrogen and oxygen atoms in total. The van der Waals surface area contributed by atoms with E-state index < -0.39 is 12.0 Å². The molecule has 1 aliphatic carbocycles. The number of amides is 1. The van der Waals surface area contributed by atoms with Crippen LogP contribution in [0.3, 0.4) is 0 Å². The Balaban J connectivity index is 1.78. The van der Waals surface area contributed by atoms with Crippen molar-refractivity contribution in [3.63, 3.8) is 0 Å². The number of nitrogens with one attached hydrogen (secondary N) is 1. The molecule has 0 radical (unpaired) electrons. The lowest BCUT2D eigenvalue weighted by Gasteiger charge is -2.31. The van der Waals surface area contributed by atoms with Gasteiger partial charge in [-0.2, -0.15) is 0 Å². The lowest BCUT2D eigenvalue weighted by atomic mass is 10.0. The van der Waals surface area contributed by atoms with Gasteiger partial charge in [-0.1, -0.05) is 0 Å². The number of nitrogens with zero attached hydrogens (tertiary/aromatic N) is 3. The number of aromatic amines is 1. The van der Waals surface area contributed by atoms with Crippen molar-refractivity contribution >= 4 is 11.9 Å². The molecule has 1 amide bonds. The van der Waals surface area contributed by atoms with E-state index in [9.17, 15) is 9.59 Å². The number of hydrogen-bond acceptors (Lipinski definition) is 4. The maximum atomic E-state index is 12.3. The maximum Gasteiger partial charge on any atom is 0.326 e. The van der Waals surface area contributed by atoms with Crippen molar-refractivity contribution in [2.75, 3.05) is 6.54 Å². The summed E-state index contributed by atoms with van der Waals surface area (Å²) in [5.74, 6) is -0.103. The molecule has 1 saturated carbocycles. The zero-order valence-corrected chi connectivity index (χ0v) is 10.5. The summed E-state index contributed by atoms with van der Waals surface area (Å²) in [6, 6.07) is -0.746. The third kappa shape index (κ3) is 2.32. The van der Waals surface area contributed by atoms with E-state index >= 15 is 0 Å². The molecule has 1 saturated heterocycles. The standard InChI is InChI=1S/C12H16N4O3/c17-11(10-13-9(14-15-10)7-4-5-7)16-6-2-1-3-8(16)12(18)19/h7-8H,1-6H2,(H,18,19)(H,13,14,15)/t8-/m1/s1. The molecule has 1 atom stereocenters. The number of piperidine rings is 1. The fourth-order valence-corrected chi connectivity index (χ4v) is 2.47. The molecule has 1 aromatic rings. The number of likely N-dealkylation sites (tertiary alicyclic amines) is 1. The summed E-state index contributed by atoms with van der Waals surface area (Å²) in [6.45, 7) is 0.461. The zero-order chi connectivity index (χ0) is 13.4. The van der Waals surface area contributed by atoms with Gasteiger partial charge in [-0.3, -0.25) is 9.89 Å². The first-order valence-corrected chi connectivity index (χ1v) is 6.63. The van der Waals surface area contributed by atoms with Crippen molar-refractivity contribution in [1.29, 1.82) is 0 Å². The van der Waals surface area contributed by atoms with Crippen LogP contribution in [0.2, 0.25) is 0 Å². The van der Waals surface area contributed by atoms with E-state index in [1.807, 2.05) is 0 Å². The van der Waals surface area contributed by atoms with Crippen molar-refractivity contribution in [1.82, 2.24) is 20.1 Å². The van der Waals surface area contributed by atoms with E-state index in [-0.39, 0.29) is 11.7 Å². The first-order valence-electron chi connectivity index (χ1n) is 6.63. The van der Waals surface area contributed by atoms with Gasteiger partial charge in [0, 0.05) is 12.5 Å². The number of aromatic nitrogens is 3. The lowest BCUT2D eigenvalue weighted by Crippen LogP contribution is -2.48. The molecule has 102 valence electrons. The summed E-state index contributed by atoms with van der Waals surface area (Å²) in [6.07, 6.45) is 4.31. The van der Waals surface area contributed by atoms with E-state index in [2.05, 4.69) is 15.2 Å². The highest BCUT2D eigenvalue weighted by atomic mass is 16.4. The van der Waals surface area contributed by atoms with Crippen LogP contribution in [0.5, 0.6) is 0 Å². The minimum Gasteiger partial charge on any atom is -0.480 e. The second kappa shape index (κ2) is 4.64. The summed E-state index contributed by atoms with van der Waals surface area (Å²) in [7, 11) is 0. The van der Waals surface area contributed by atoms with Gasteiger partial charge in [0.05, 0.1) is 0 Å². The number of carbonyl (C=O) groups is 2. The van der Waals surface area contributed by atoms with Crippen LogP contribution in [-0.4, -0.2) is 49.7 Å². The molecule has 2 aliphatic rings. The van der Waals surface area contributed by atoms with Crippen molar-refractivity contribution in [3.8, 4) is 0 Å². The molecule has 2 heterocycles. The number of H-pyrrole nitrogens is 1. The number of carboxylic acid groups (broad SMARTS) is 1. The number of aliphatic carboxylic acids is 1. The van der Waals surface area contributed by atoms with E-state index in [1.54, 1.807) is 0 Å². The Kier molecular flexibility index (Phi) is 2.96. The Bertz CT molecular complexity index is 509. The average Bonchev–Trinajstić information content (AvgIpc) is 3.16. The molecule has 2 N–H and O–H groups in total. The zero-order valence-electron chi connectivity index (χ0n) is 10.5. The minimum atomic E-state index is -0.953. The van der Waals surface area contributed by atoms with Crippen molar-refractivity contribution < 1.29 is 14.7 Å². The second-order valence-electron chi connectivity index (χ2n) is 5.17. The Labute approximate surface area is 110 Å². The van der Waals surface area contributed by atoms with Crippen LogP contribution >= 0.6 is 0 Å². The van der Waals surface area contributed by atoms with Crippen LogP contribution in [0.4, 0.5) is 0 Å². The average molecular weight is 264 g/mol. The Morgan fingerprint density at radius 1 is 1.26 bits per heavy atom. The largest absolute Gasteiger partial charge is 0.480 e. The van der Waals surface area contributed by atoms with E-state index in [1.165, 1.54) is 4.90 Å². The van der Waals surface area contributed by atoms with Gasteiger partial charge in [-0.15, -0.1) is 5.10 Å². The van der Waals surface area contributed by atoms with Crippen LogP contribution in [-0.2, 0) is 4.79 Å². The molecule has 3 rings (SSSR count). The number of rotatable bonds is 3. The molecule has 0 bridgehead atoms. The molecule has 19 heavy (non-hydrogen) atoms. The van der Waals surface area contributed by atoms with Crippen LogP contribution < -0.4 is 0 Å². The molecule has 0 aromatic carbocycles. The number of carboxylic acids is 1. The van der Waals surface area contributed by atoms with Gasteiger partial charge in [-0.05, 0) is 32.1 Å². The monoisotopic (exact) mass is 264 g/mol. The van der Waals surface area contributed by atoms with Gasteiger partial charge in [0.25, 0.3) is 5.91 Å². The Hall–Kier alpha value is -1.92. The maximum absolute atomic E-state index is 12.3. The summed E-state index contributed by atoms with van der Waals surface area (Å²) < 4.78 is 0. The second-order valence-corrected chi connectivity index (χ2v) is 5.17.